The number of para-hydroxylation sites is 1. The predicted molar refractivity (Wildman–Crippen MR) is 101 cm³/mol. The van der Waals surface area contributed by atoms with Crippen LogP contribution >= 0.6 is 0 Å². The molecule has 0 aliphatic carbocycles. The molecule has 0 bridgehead atoms. The molecule has 0 saturated heterocycles. The molecule has 2 atom stereocenters. The molecule has 2 rings (SSSR count). The number of aryl methyl sites for hydroxylation is 1. The lowest BCUT2D eigenvalue weighted by molar-refractivity contribution is 0.216. The van der Waals surface area contributed by atoms with Crippen molar-refractivity contribution < 1.29 is 14.6 Å². The number of rotatable bonds is 10. The van der Waals surface area contributed by atoms with Gasteiger partial charge in [0.05, 0.1) is 6.61 Å². The van der Waals surface area contributed by atoms with Crippen molar-refractivity contribution in [2.75, 3.05) is 19.8 Å². The van der Waals surface area contributed by atoms with E-state index in [1.165, 1.54) is 5.56 Å². The number of hydrogen-bond acceptors (Lipinski definition) is 4. The number of ether oxygens (including phenoxy) is 2. The third-order valence-corrected chi connectivity index (χ3v) is 4.34. The Morgan fingerprint density at radius 3 is 2.40 bits per heavy atom. The molecule has 0 unspecified atom stereocenters. The Bertz CT molecular complexity index is 630. The first-order valence-electron chi connectivity index (χ1n) is 8.91. The van der Waals surface area contributed by atoms with Crippen LogP contribution in [0.5, 0.6) is 11.5 Å². The van der Waals surface area contributed by atoms with E-state index in [1.807, 2.05) is 36.4 Å². The molecule has 2 aromatic carbocycles. The minimum atomic E-state index is -0.170. The molecule has 0 radical (unpaired) electrons. The highest BCUT2D eigenvalue weighted by molar-refractivity contribution is 5.37. The average Bonchev–Trinajstić information content (AvgIpc) is 2.65. The smallest absolute Gasteiger partial charge is 0.122 e. The Morgan fingerprint density at radius 2 is 1.76 bits per heavy atom. The van der Waals surface area contributed by atoms with Gasteiger partial charge in [0.15, 0.2) is 0 Å². The van der Waals surface area contributed by atoms with Crippen LogP contribution < -0.4 is 15.2 Å². The van der Waals surface area contributed by atoms with Crippen molar-refractivity contribution in [1.82, 2.24) is 0 Å². The first-order chi connectivity index (χ1) is 12.1. The van der Waals surface area contributed by atoms with E-state index in [1.54, 1.807) is 0 Å². The molecule has 4 nitrogen and oxygen atoms in total. The van der Waals surface area contributed by atoms with Crippen molar-refractivity contribution in [1.29, 1.82) is 0 Å². The van der Waals surface area contributed by atoms with E-state index in [2.05, 4.69) is 26.0 Å². The van der Waals surface area contributed by atoms with Crippen LogP contribution in [0.2, 0.25) is 0 Å². The molecule has 0 heterocycles. The van der Waals surface area contributed by atoms with Crippen LogP contribution in [0.15, 0.2) is 48.5 Å². The standard InChI is InChI=1S/C21H29NO3/c1-3-17(14-19(22)15-23)18-9-10-21(16(2)13-18)25-12-11-24-20-7-5-4-6-8-20/h4-10,13,17,19,23H,3,11-12,14-15,22H2,1-2H3/t17-,19-/m1/s1. The zero-order chi connectivity index (χ0) is 18.1. The first-order valence-corrected chi connectivity index (χ1v) is 8.91. The maximum absolute atomic E-state index is 9.17. The van der Waals surface area contributed by atoms with Gasteiger partial charge in [-0.25, -0.2) is 0 Å². The molecule has 3 N–H and O–H groups in total. The summed E-state index contributed by atoms with van der Waals surface area (Å²) in [7, 11) is 0. The monoisotopic (exact) mass is 343 g/mol. The average molecular weight is 343 g/mol. The second-order valence-corrected chi connectivity index (χ2v) is 6.32. The summed E-state index contributed by atoms with van der Waals surface area (Å²) in [6.07, 6.45) is 1.79. The summed E-state index contributed by atoms with van der Waals surface area (Å²) in [6, 6.07) is 15.8. The fourth-order valence-electron chi connectivity index (χ4n) is 2.89. The number of nitrogens with two attached hydrogens (primary N) is 1. The highest BCUT2D eigenvalue weighted by Crippen LogP contribution is 2.28. The molecule has 0 fully saturated rings. The van der Waals surface area contributed by atoms with Crippen LogP contribution in [-0.2, 0) is 0 Å². The molecule has 25 heavy (non-hydrogen) atoms. The molecule has 136 valence electrons. The van der Waals surface area contributed by atoms with Crippen LogP contribution in [0.1, 0.15) is 36.8 Å². The fraction of sp³-hybridized carbons (Fsp3) is 0.429. The Hall–Kier alpha value is -2.04. The summed E-state index contributed by atoms with van der Waals surface area (Å²) in [5.41, 5.74) is 8.25. The zero-order valence-electron chi connectivity index (χ0n) is 15.2. The van der Waals surface area contributed by atoms with Crippen molar-refractivity contribution in [3.05, 3.63) is 59.7 Å². The van der Waals surface area contributed by atoms with Crippen molar-refractivity contribution in [2.45, 2.75) is 38.6 Å². The highest BCUT2D eigenvalue weighted by atomic mass is 16.5. The summed E-state index contributed by atoms with van der Waals surface area (Å²) in [5.74, 6) is 2.09. The predicted octanol–water partition coefficient (Wildman–Crippen LogP) is 3.66. The topological polar surface area (TPSA) is 64.7 Å². The lowest BCUT2D eigenvalue weighted by Crippen LogP contribution is -2.26. The Kier molecular flexibility index (Phi) is 7.76. The zero-order valence-corrected chi connectivity index (χ0v) is 15.2. The van der Waals surface area contributed by atoms with E-state index in [-0.39, 0.29) is 12.6 Å². The van der Waals surface area contributed by atoms with E-state index in [0.717, 1.165) is 29.9 Å². The lowest BCUT2D eigenvalue weighted by atomic mass is 9.89. The highest BCUT2D eigenvalue weighted by Gasteiger charge is 2.14. The summed E-state index contributed by atoms with van der Waals surface area (Å²) in [4.78, 5) is 0. The van der Waals surface area contributed by atoms with Gasteiger partial charge in [-0.05, 0) is 55.0 Å². The lowest BCUT2D eigenvalue weighted by Gasteiger charge is -2.20. The maximum Gasteiger partial charge on any atom is 0.122 e. The van der Waals surface area contributed by atoms with E-state index in [0.29, 0.717) is 19.1 Å². The van der Waals surface area contributed by atoms with E-state index in [9.17, 15) is 5.11 Å². The third-order valence-electron chi connectivity index (χ3n) is 4.34. The second-order valence-electron chi connectivity index (χ2n) is 6.32. The van der Waals surface area contributed by atoms with Crippen LogP contribution in [0.25, 0.3) is 0 Å². The van der Waals surface area contributed by atoms with Crippen molar-refractivity contribution in [3.8, 4) is 11.5 Å². The number of hydrogen-bond donors (Lipinski definition) is 2. The van der Waals surface area contributed by atoms with Gasteiger partial charge in [-0.2, -0.15) is 0 Å². The van der Waals surface area contributed by atoms with Crippen LogP contribution in [0, 0.1) is 6.92 Å². The molecule has 0 spiro atoms. The summed E-state index contributed by atoms with van der Waals surface area (Å²) in [6.45, 7) is 5.24. The van der Waals surface area contributed by atoms with E-state index in [4.69, 9.17) is 15.2 Å². The van der Waals surface area contributed by atoms with Crippen LogP contribution in [0.4, 0.5) is 0 Å². The van der Waals surface area contributed by atoms with Gasteiger partial charge in [-0.1, -0.05) is 37.3 Å². The van der Waals surface area contributed by atoms with Gasteiger partial charge >= 0.3 is 0 Å². The molecule has 0 aliphatic rings. The van der Waals surface area contributed by atoms with Crippen molar-refractivity contribution in [2.24, 2.45) is 5.73 Å². The van der Waals surface area contributed by atoms with Gasteiger partial charge in [0.2, 0.25) is 0 Å². The van der Waals surface area contributed by atoms with Gasteiger partial charge in [0.1, 0.15) is 24.7 Å². The summed E-state index contributed by atoms with van der Waals surface area (Å²) < 4.78 is 11.5. The van der Waals surface area contributed by atoms with Gasteiger partial charge in [-0.15, -0.1) is 0 Å². The Morgan fingerprint density at radius 1 is 1.04 bits per heavy atom. The van der Waals surface area contributed by atoms with Crippen molar-refractivity contribution >= 4 is 0 Å². The Balaban J connectivity index is 1.88. The first kappa shape index (κ1) is 19.3. The van der Waals surface area contributed by atoms with Crippen molar-refractivity contribution in [3.63, 3.8) is 0 Å². The minimum Gasteiger partial charge on any atom is -0.490 e. The molecule has 0 saturated carbocycles. The molecule has 4 heteroatoms. The summed E-state index contributed by atoms with van der Waals surface area (Å²) in [5, 5.41) is 9.17. The second kappa shape index (κ2) is 10.1. The van der Waals surface area contributed by atoms with Gasteiger partial charge < -0.3 is 20.3 Å². The Labute approximate surface area is 150 Å². The van der Waals surface area contributed by atoms with E-state index < -0.39 is 0 Å². The normalized spacial score (nSPS) is 13.3. The van der Waals surface area contributed by atoms with Gasteiger partial charge in [-0.3, -0.25) is 0 Å². The molecule has 0 amide bonds. The van der Waals surface area contributed by atoms with Crippen LogP contribution in [0.3, 0.4) is 0 Å². The number of benzene rings is 2. The molecular weight excluding hydrogens is 314 g/mol. The van der Waals surface area contributed by atoms with Gasteiger partial charge in [0, 0.05) is 6.04 Å². The van der Waals surface area contributed by atoms with Gasteiger partial charge in [0.25, 0.3) is 0 Å². The SMILES string of the molecule is CC[C@H](C[C@@H](N)CO)c1ccc(OCCOc2ccccc2)c(C)c1. The quantitative estimate of drug-likeness (QED) is 0.646. The maximum atomic E-state index is 9.17. The molecular formula is C21H29NO3. The summed E-state index contributed by atoms with van der Waals surface area (Å²) >= 11 is 0. The number of aliphatic hydroxyl groups is 1. The minimum absolute atomic E-state index is 0.0259. The molecule has 0 aromatic heterocycles. The fourth-order valence-corrected chi connectivity index (χ4v) is 2.89. The van der Waals surface area contributed by atoms with E-state index >= 15 is 0 Å². The molecule has 0 aliphatic heterocycles. The molecule has 2 aromatic rings. The number of aliphatic hydroxyl groups excluding tert-OH is 1. The van der Waals surface area contributed by atoms with Crippen LogP contribution in [-0.4, -0.2) is 31.0 Å². The third kappa shape index (κ3) is 6.07. The largest absolute Gasteiger partial charge is 0.490 e.